The molecule has 1 rings (SSSR count). The van der Waals surface area contributed by atoms with Gasteiger partial charge in [0.2, 0.25) is 0 Å². The molecule has 1 radical (unpaired) electrons. The minimum atomic E-state index is -0.952. The fraction of sp³-hybridized carbons (Fsp3) is 0.364. The summed E-state index contributed by atoms with van der Waals surface area (Å²) in [5.41, 5.74) is 1.05. The van der Waals surface area contributed by atoms with E-state index in [1.54, 1.807) is 0 Å². The molecule has 0 saturated carbocycles. The summed E-state index contributed by atoms with van der Waals surface area (Å²) in [6.07, 6.45) is 1.19. The minimum absolute atomic E-state index is 0.359. The first kappa shape index (κ1) is 9.78. The van der Waals surface area contributed by atoms with Gasteiger partial charge in [0.05, 0.1) is 5.92 Å². The van der Waals surface area contributed by atoms with Gasteiger partial charge in [0, 0.05) is 0 Å². The highest BCUT2D eigenvalue weighted by Crippen LogP contribution is 2.12. The van der Waals surface area contributed by atoms with Crippen LogP contribution in [0, 0.1) is 5.92 Å². The fourth-order valence-electron chi connectivity index (χ4n) is 1.29. The van der Waals surface area contributed by atoms with E-state index < -0.39 is 5.97 Å². The molecule has 1 unspecified atom stereocenters. The minimum Gasteiger partial charge on any atom is -0.247 e. The van der Waals surface area contributed by atoms with Crippen molar-refractivity contribution in [2.45, 2.75) is 19.8 Å². The number of rotatable bonds is 4. The second kappa shape index (κ2) is 4.65. The Bertz CT molecular complexity index is 267. The summed E-state index contributed by atoms with van der Waals surface area (Å²) < 4.78 is 0. The first-order valence-corrected chi connectivity index (χ1v) is 4.48. The fourth-order valence-corrected chi connectivity index (χ4v) is 1.29. The van der Waals surface area contributed by atoms with E-state index in [0.29, 0.717) is 12.8 Å². The molecule has 0 aliphatic heterocycles. The Kier molecular flexibility index (Phi) is 3.50. The van der Waals surface area contributed by atoms with Gasteiger partial charge in [0.1, 0.15) is 0 Å². The second-order valence-electron chi connectivity index (χ2n) is 3.11. The molecule has 2 heteroatoms. The van der Waals surface area contributed by atoms with Gasteiger partial charge in [-0.25, -0.2) is 9.90 Å². The SMILES string of the molecule is CCC(Cc1ccccc1)C([O])=O. The van der Waals surface area contributed by atoms with Gasteiger partial charge in [-0.15, -0.1) is 0 Å². The van der Waals surface area contributed by atoms with E-state index in [1.807, 2.05) is 37.3 Å². The molecule has 1 aromatic carbocycles. The molecule has 0 bridgehead atoms. The zero-order valence-corrected chi connectivity index (χ0v) is 7.69. The predicted octanol–water partition coefficient (Wildman–Crippen LogP) is 2.21. The number of hydrogen-bond acceptors (Lipinski definition) is 1. The summed E-state index contributed by atoms with van der Waals surface area (Å²) in [6.45, 7) is 1.86. The Hall–Kier alpha value is -1.31. The van der Waals surface area contributed by atoms with Crippen LogP contribution in [0.15, 0.2) is 30.3 Å². The van der Waals surface area contributed by atoms with Crippen LogP contribution < -0.4 is 0 Å². The summed E-state index contributed by atoms with van der Waals surface area (Å²) >= 11 is 0. The standard InChI is InChI=1S/C11H13O2/c1-2-10(11(12)13)8-9-6-4-3-5-7-9/h3-7,10H,2,8H2,1H3. The van der Waals surface area contributed by atoms with E-state index in [1.165, 1.54) is 0 Å². The smallest absolute Gasteiger partial charge is 0.247 e. The van der Waals surface area contributed by atoms with Crippen molar-refractivity contribution in [3.63, 3.8) is 0 Å². The van der Waals surface area contributed by atoms with E-state index >= 15 is 0 Å². The van der Waals surface area contributed by atoms with E-state index in [-0.39, 0.29) is 5.92 Å². The Morgan fingerprint density at radius 2 is 1.92 bits per heavy atom. The maximum Gasteiger partial charge on any atom is 0.358 e. The molecule has 0 fully saturated rings. The van der Waals surface area contributed by atoms with Crippen LogP contribution in [0.2, 0.25) is 0 Å². The summed E-state index contributed by atoms with van der Waals surface area (Å²) in [5.74, 6) is -1.31. The van der Waals surface area contributed by atoms with Crippen molar-refractivity contribution < 1.29 is 9.90 Å². The van der Waals surface area contributed by atoms with Crippen molar-refractivity contribution in [3.05, 3.63) is 35.9 Å². The summed E-state index contributed by atoms with van der Waals surface area (Å²) in [4.78, 5) is 10.6. The average molecular weight is 177 g/mol. The van der Waals surface area contributed by atoms with Crippen LogP contribution in [0.1, 0.15) is 18.9 Å². The largest absolute Gasteiger partial charge is 0.358 e. The van der Waals surface area contributed by atoms with Crippen LogP contribution in [0.5, 0.6) is 0 Å². The maximum atomic E-state index is 10.6. The number of carbonyl (C=O) groups excluding carboxylic acids is 1. The van der Waals surface area contributed by atoms with Crippen LogP contribution in [0.3, 0.4) is 0 Å². The van der Waals surface area contributed by atoms with Gasteiger partial charge in [-0.05, 0) is 18.4 Å². The van der Waals surface area contributed by atoms with Crippen LogP contribution in [0.4, 0.5) is 0 Å². The van der Waals surface area contributed by atoms with Crippen LogP contribution in [-0.2, 0) is 16.3 Å². The third-order valence-corrected chi connectivity index (χ3v) is 2.15. The lowest BCUT2D eigenvalue weighted by Gasteiger charge is -2.07. The topological polar surface area (TPSA) is 37.0 Å². The lowest BCUT2D eigenvalue weighted by Crippen LogP contribution is -2.13. The third kappa shape index (κ3) is 2.90. The second-order valence-corrected chi connectivity index (χ2v) is 3.11. The molecule has 0 heterocycles. The van der Waals surface area contributed by atoms with Gasteiger partial charge in [-0.1, -0.05) is 37.3 Å². The molecule has 1 atom stereocenters. The zero-order chi connectivity index (χ0) is 9.68. The molecule has 2 nitrogen and oxygen atoms in total. The van der Waals surface area contributed by atoms with Crippen molar-refractivity contribution >= 4 is 5.97 Å². The van der Waals surface area contributed by atoms with Gasteiger partial charge in [0.25, 0.3) is 0 Å². The average Bonchev–Trinajstić information content (AvgIpc) is 2.15. The molecule has 0 aliphatic carbocycles. The normalized spacial score (nSPS) is 12.4. The molecule has 69 valence electrons. The highest BCUT2D eigenvalue weighted by atomic mass is 16.4. The Balaban J connectivity index is 2.62. The highest BCUT2D eigenvalue weighted by Gasteiger charge is 2.16. The highest BCUT2D eigenvalue weighted by molar-refractivity contribution is 5.69. The van der Waals surface area contributed by atoms with Crippen molar-refractivity contribution in [2.24, 2.45) is 5.92 Å². The predicted molar refractivity (Wildman–Crippen MR) is 49.6 cm³/mol. The van der Waals surface area contributed by atoms with Gasteiger partial charge < -0.3 is 0 Å². The van der Waals surface area contributed by atoms with Gasteiger partial charge in [0.15, 0.2) is 0 Å². The molecule has 0 aliphatic rings. The Morgan fingerprint density at radius 1 is 1.31 bits per heavy atom. The van der Waals surface area contributed by atoms with E-state index in [0.717, 1.165) is 5.56 Å². The first-order chi connectivity index (χ1) is 6.24. The molecule has 0 spiro atoms. The van der Waals surface area contributed by atoms with Crippen LogP contribution >= 0.6 is 0 Å². The quantitative estimate of drug-likeness (QED) is 0.694. The Morgan fingerprint density at radius 3 is 2.38 bits per heavy atom. The number of carbonyl (C=O) groups is 1. The van der Waals surface area contributed by atoms with E-state index in [4.69, 9.17) is 0 Å². The monoisotopic (exact) mass is 177 g/mol. The first-order valence-electron chi connectivity index (χ1n) is 4.48. The van der Waals surface area contributed by atoms with E-state index in [2.05, 4.69) is 0 Å². The number of hydrogen-bond donors (Lipinski definition) is 0. The van der Waals surface area contributed by atoms with Crippen molar-refractivity contribution in [2.75, 3.05) is 0 Å². The van der Waals surface area contributed by atoms with Crippen LogP contribution in [0.25, 0.3) is 0 Å². The van der Waals surface area contributed by atoms with Crippen molar-refractivity contribution in [1.82, 2.24) is 0 Å². The Labute approximate surface area is 78.2 Å². The molecular formula is C11H13O2. The summed E-state index contributed by atoms with van der Waals surface area (Å²) in [7, 11) is 0. The summed E-state index contributed by atoms with van der Waals surface area (Å²) in [6, 6.07) is 9.62. The molecule has 1 aromatic rings. The molecule has 0 aromatic heterocycles. The molecule has 0 N–H and O–H groups in total. The zero-order valence-electron chi connectivity index (χ0n) is 7.69. The van der Waals surface area contributed by atoms with E-state index in [9.17, 15) is 9.90 Å². The van der Waals surface area contributed by atoms with Crippen LogP contribution in [-0.4, -0.2) is 5.97 Å². The summed E-state index contributed by atoms with van der Waals surface area (Å²) in [5, 5.41) is 10.6. The van der Waals surface area contributed by atoms with Crippen molar-refractivity contribution in [1.29, 1.82) is 0 Å². The van der Waals surface area contributed by atoms with Gasteiger partial charge >= 0.3 is 5.97 Å². The third-order valence-electron chi connectivity index (χ3n) is 2.15. The molecule has 0 saturated heterocycles. The van der Waals surface area contributed by atoms with Gasteiger partial charge in [-0.2, -0.15) is 0 Å². The molecule has 0 amide bonds. The maximum absolute atomic E-state index is 10.6. The molecule has 13 heavy (non-hydrogen) atoms. The lowest BCUT2D eigenvalue weighted by molar-refractivity contribution is -0.148. The lowest BCUT2D eigenvalue weighted by atomic mass is 9.97. The molecular weight excluding hydrogens is 164 g/mol. The number of benzene rings is 1. The van der Waals surface area contributed by atoms with Crippen molar-refractivity contribution in [3.8, 4) is 0 Å². The van der Waals surface area contributed by atoms with Gasteiger partial charge in [-0.3, -0.25) is 0 Å².